The van der Waals surface area contributed by atoms with Crippen LogP contribution in [0.15, 0.2) is 0 Å². The summed E-state index contributed by atoms with van der Waals surface area (Å²) in [4.78, 5) is 13.5. The molecule has 0 atom stereocenters. The van der Waals surface area contributed by atoms with Gasteiger partial charge in [-0.05, 0) is 0 Å². The van der Waals surface area contributed by atoms with Crippen LogP contribution < -0.4 is 11.2 Å². The van der Waals surface area contributed by atoms with Gasteiger partial charge in [0, 0.05) is 7.05 Å². The lowest BCUT2D eigenvalue weighted by Crippen LogP contribution is -2.20. The minimum atomic E-state index is -0.822. The lowest BCUT2D eigenvalue weighted by molar-refractivity contribution is 0.112. The molecule has 0 aromatic carbocycles. The van der Waals surface area contributed by atoms with E-state index in [4.69, 9.17) is 0 Å². The smallest absolute Gasteiger partial charge is 0.354 e. The highest BCUT2D eigenvalue weighted by Crippen LogP contribution is 1.55. The molecule has 4 nitrogen and oxygen atoms in total. The second-order valence-corrected chi connectivity index (χ2v) is 0.625. The molecule has 0 aliphatic rings. The first-order valence-electron chi connectivity index (χ1n) is 1.40. The highest BCUT2D eigenvalue weighted by atomic mass is 16.7. The van der Waals surface area contributed by atoms with Crippen molar-refractivity contribution >= 4 is 6.09 Å². The molecule has 0 aliphatic carbocycles. The lowest BCUT2D eigenvalue weighted by atomic mass is 11.3. The summed E-state index contributed by atoms with van der Waals surface area (Å²) in [6.07, 6.45) is -0.822. The molecule has 0 aromatic heterocycles. The number of carbonyl (C=O) groups is 1. The molecule has 0 spiro atoms. The molecular weight excluding hydrogens is 84.0 g/mol. The van der Waals surface area contributed by atoms with E-state index in [2.05, 4.69) is 16.1 Å². The molecule has 0 bridgehead atoms. The van der Waals surface area contributed by atoms with Crippen molar-refractivity contribution in [3.8, 4) is 0 Å². The van der Waals surface area contributed by atoms with E-state index in [1.807, 2.05) is 0 Å². The summed E-state index contributed by atoms with van der Waals surface area (Å²) in [5, 5.41) is 0. The Bertz CT molecular complexity index is 53.5. The third kappa shape index (κ3) is 3.23. The van der Waals surface area contributed by atoms with E-state index in [1.54, 1.807) is 0 Å². The number of rotatable bonds is 1. The Morgan fingerprint density at radius 2 is 2.50 bits per heavy atom. The van der Waals surface area contributed by atoms with Crippen molar-refractivity contribution in [2.75, 3.05) is 7.05 Å². The van der Waals surface area contributed by atoms with E-state index in [0.717, 1.165) is 0 Å². The SMILES string of the molecule is CNOC(N)=O. The van der Waals surface area contributed by atoms with Gasteiger partial charge in [-0.3, -0.25) is 0 Å². The Balaban J connectivity index is 2.83. The fourth-order valence-corrected chi connectivity index (χ4v) is 0.101. The molecule has 36 valence electrons. The van der Waals surface area contributed by atoms with Crippen LogP contribution in [-0.2, 0) is 4.84 Å². The molecule has 6 heavy (non-hydrogen) atoms. The Hall–Kier alpha value is -0.770. The quantitative estimate of drug-likeness (QED) is 0.415. The average molecular weight is 90.1 g/mol. The monoisotopic (exact) mass is 90.0 g/mol. The van der Waals surface area contributed by atoms with Crippen LogP contribution in [0, 0.1) is 0 Å². The Kier molecular flexibility index (Phi) is 2.15. The maximum Gasteiger partial charge on any atom is 0.423 e. The van der Waals surface area contributed by atoms with Gasteiger partial charge < -0.3 is 10.6 Å². The first-order chi connectivity index (χ1) is 2.77. The Morgan fingerprint density at radius 3 is 2.50 bits per heavy atom. The summed E-state index contributed by atoms with van der Waals surface area (Å²) >= 11 is 0. The summed E-state index contributed by atoms with van der Waals surface area (Å²) < 4.78 is 0. The zero-order valence-electron chi connectivity index (χ0n) is 3.39. The molecular formula is C2H6N2O2. The van der Waals surface area contributed by atoms with E-state index in [0.29, 0.717) is 0 Å². The molecule has 3 N–H and O–H groups in total. The summed E-state index contributed by atoms with van der Waals surface area (Å²) in [5.74, 6) is 0. The predicted octanol–water partition coefficient (Wildman–Crippen LogP) is -0.784. The van der Waals surface area contributed by atoms with E-state index in [-0.39, 0.29) is 0 Å². The van der Waals surface area contributed by atoms with E-state index >= 15 is 0 Å². The minimum absolute atomic E-state index is 0.822. The number of nitrogens with two attached hydrogens (primary N) is 1. The van der Waals surface area contributed by atoms with E-state index in [9.17, 15) is 4.79 Å². The van der Waals surface area contributed by atoms with Crippen molar-refractivity contribution < 1.29 is 9.63 Å². The number of hydrogen-bond acceptors (Lipinski definition) is 3. The molecule has 0 radical (unpaired) electrons. The van der Waals surface area contributed by atoms with Crippen molar-refractivity contribution in [1.29, 1.82) is 0 Å². The van der Waals surface area contributed by atoms with Crippen LogP contribution in [-0.4, -0.2) is 13.1 Å². The lowest BCUT2D eigenvalue weighted by Gasteiger charge is -1.90. The first-order valence-corrected chi connectivity index (χ1v) is 1.40. The fraction of sp³-hybridized carbons (Fsp3) is 0.500. The topological polar surface area (TPSA) is 64.3 Å². The third-order valence-electron chi connectivity index (χ3n) is 0.203. The van der Waals surface area contributed by atoms with Gasteiger partial charge in [0.05, 0.1) is 0 Å². The average Bonchev–Trinajstić information content (AvgIpc) is 1.35. The van der Waals surface area contributed by atoms with Gasteiger partial charge in [-0.2, -0.15) is 5.48 Å². The highest BCUT2D eigenvalue weighted by molar-refractivity contribution is 5.64. The van der Waals surface area contributed by atoms with Crippen molar-refractivity contribution in [2.45, 2.75) is 0 Å². The standard InChI is InChI=1S/C2H6N2O2/c1-4-6-2(3)5/h4H,1H3,(H2,3,5). The number of amides is 1. The van der Waals surface area contributed by atoms with Crippen LogP contribution in [0.25, 0.3) is 0 Å². The number of primary amides is 1. The van der Waals surface area contributed by atoms with E-state index in [1.165, 1.54) is 7.05 Å². The molecule has 0 rings (SSSR count). The van der Waals surface area contributed by atoms with Crippen molar-refractivity contribution in [1.82, 2.24) is 5.48 Å². The van der Waals surface area contributed by atoms with Gasteiger partial charge in [-0.25, -0.2) is 4.79 Å². The number of carbonyl (C=O) groups excluding carboxylic acids is 1. The maximum atomic E-state index is 9.54. The van der Waals surface area contributed by atoms with Crippen molar-refractivity contribution in [2.24, 2.45) is 5.73 Å². The maximum absolute atomic E-state index is 9.54. The second kappa shape index (κ2) is 2.47. The summed E-state index contributed by atoms with van der Waals surface area (Å²) in [5.41, 5.74) is 6.57. The van der Waals surface area contributed by atoms with Gasteiger partial charge >= 0.3 is 6.09 Å². The van der Waals surface area contributed by atoms with E-state index < -0.39 is 6.09 Å². The van der Waals surface area contributed by atoms with Crippen LogP contribution >= 0.6 is 0 Å². The Morgan fingerprint density at radius 1 is 2.00 bits per heavy atom. The summed E-state index contributed by atoms with van der Waals surface area (Å²) in [6, 6.07) is 0. The fourth-order valence-electron chi connectivity index (χ4n) is 0.101. The number of nitrogens with one attached hydrogen (secondary N) is 1. The largest absolute Gasteiger partial charge is 0.423 e. The first kappa shape index (κ1) is 5.23. The molecule has 0 saturated carbocycles. The van der Waals surface area contributed by atoms with Crippen LogP contribution in [0.2, 0.25) is 0 Å². The number of hydrogen-bond donors (Lipinski definition) is 2. The van der Waals surface area contributed by atoms with Crippen LogP contribution in [0.4, 0.5) is 4.79 Å². The predicted molar refractivity (Wildman–Crippen MR) is 19.7 cm³/mol. The highest BCUT2D eigenvalue weighted by Gasteiger charge is 1.82. The molecule has 0 unspecified atom stereocenters. The van der Waals surface area contributed by atoms with Crippen LogP contribution in [0.3, 0.4) is 0 Å². The minimum Gasteiger partial charge on any atom is -0.354 e. The number of hydroxylamine groups is 1. The molecule has 0 heterocycles. The van der Waals surface area contributed by atoms with Crippen molar-refractivity contribution in [3.05, 3.63) is 0 Å². The molecule has 0 saturated heterocycles. The molecule has 1 amide bonds. The van der Waals surface area contributed by atoms with Gasteiger partial charge in [0.25, 0.3) is 0 Å². The molecule has 0 aromatic rings. The Labute approximate surface area is 35.2 Å². The molecule has 0 aliphatic heterocycles. The normalized spacial score (nSPS) is 7.50. The summed E-state index contributed by atoms with van der Waals surface area (Å²) in [6.45, 7) is 0. The second-order valence-electron chi connectivity index (χ2n) is 0.625. The zero-order chi connectivity index (χ0) is 4.99. The zero-order valence-corrected chi connectivity index (χ0v) is 3.39. The molecule has 0 fully saturated rings. The van der Waals surface area contributed by atoms with Crippen molar-refractivity contribution in [3.63, 3.8) is 0 Å². The summed E-state index contributed by atoms with van der Waals surface area (Å²) in [7, 11) is 1.45. The molecule has 4 heteroatoms. The van der Waals surface area contributed by atoms with Gasteiger partial charge in [-0.1, -0.05) is 0 Å². The third-order valence-corrected chi connectivity index (χ3v) is 0.203. The van der Waals surface area contributed by atoms with Gasteiger partial charge in [0.15, 0.2) is 0 Å². The van der Waals surface area contributed by atoms with Gasteiger partial charge in [0.2, 0.25) is 0 Å². The van der Waals surface area contributed by atoms with Crippen LogP contribution in [0.1, 0.15) is 0 Å². The van der Waals surface area contributed by atoms with Crippen LogP contribution in [0.5, 0.6) is 0 Å². The van der Waals surface area contributed by atoms with Gasteiger partial charge in [0.1, 0.15) is 0 Å². The van der Waals surface area contributed by atoms with Gasteiger partial charge in [-0.15, -0.1) is 0 Å².